The molecule has 0 fully saturated rings. The van der Waals surface area contributed by atoms with Gasteiger partial charge in [-0.1, -0.05) is 182 Å². The lowest BCUT2D eigenvalue weighted by Gasteiger charge is -2.17. The van der Waals surface area contributed by atoms with Crippen molar-refractivity contribution in [2.45, 2.75) is 207 Å². The summed E-state index contributed by atoms with van der Waals surface area (Å²) in [4.78, 5) is 0. The maximum atomic E-state index is 10.1. The fourth-order valence-corrected chi connectivity index (χ4v) is 15.0. The first kappa shape index (κ1) is 48.0. The average molecular weight is 855 g/mol. The highest BCUT2D eigenvalue weighted by atomic mass is 32.1. The van der Waals surface area contributed by atoms with E-state index in [1.807, 2.05) is 22.7 Å². The van der Waals surface area contributed by atoms with E-state index in [0.717, 1.165) is 34.7 Å². The minimum atomic E-state index is 0.242. The van der Waals surface area contributed by atoms with Gasteiger partial charge in [0.05, 0.1) is 37.3 Å². The maximum absolute atomic E-state index is 10.1. The van der Waals surface area contributed by atoms with Crippen molar-refractivity contribution in [2.75, 3.05) is 0 Å². The van der Waals surface area contributed by atoms with E-state index in [9.17, 15) is 21.0 Å². The topological polar surface area (TPSA) is 95.2 Å². The highest BCUT2D eigenvalue weighted by Gasteiger charge is 2.24. The SMILES string of the molecule is CCCCCCCCC(CCCCCC)CCc1c(=C(C#N)C#N)sc2c1sc1c3sc(=C(C#N)C#N)c(CCC(CCCCCC)CCCCCCCC)c3sc21. The number of fused-ring (bicyclic) bond motifs is 5. The van der Waals surface area contributed by atoms with Crippen LogP contribution in [-0.4, -0.2) is 0 Å². The Kier molecular flexibility index (Phi) is 22.5. The van der Waals surface area contributed by atoms with Crippen LogP contribution in [0.4, 0.5) is 0 Å². The minimum absolute atomic E-state index is 0.242. The lowest BCUT2D eigenvalue weighted by Crippen LogP contribution is -2.09. The van der Waals surface area contributed by atoms with Crippen LogP contribution in [-0.2, 0) is 12.8 Å². The zero-order chi connectivity index (χ0) is 41.5. The van der Waals surface area contributed by atoms with E-state index < -0.39 is 0 Å². The smallest absolute Gasteiger partial charge is 0.147 e. The molecular weight excluding hydrogens is 785 g/mol. The highest BCUT2D eigenvalue weighted by Crippen LogP contribution is 2.49. The third kappa shape index (κ3) is 13.7. The van der Waals surface area contributed by atoms with Gasteiger partial charge in [-0.3, -0.25) is 0 Å². The Hall–Kier alpha value is -2.72. The van der Waals surface area contributed by atoms with E-state index in [1.54, 1.807) is 22.7 Å². The standard InChI is InChI=1S/C50H70N4S4/c1-5-9-13-17-19-23-27-37(25-21-15-11-7-3)29-31-41-43(39(33-51)34-52)55-47-45(41)57-50-48-46(58-49(47)50)42(44(56-48)40(35-53)36-54)32-30-38(26-22-16-12-8-4)28-24-20-18-14-10-6-2/h37-38H,5-32H2,1-4H3. The first-order chi connectivity index (χ1) is 28.5. The molecule has 0 aromatic carbocycles. The molecule has 58 heavy (non-hydrogen) atoms. The Labute approximate surface area is 367 Å². The van der Waals surface area contributed by atoms with Crippen molar-refractivity contribution < 1.29 is 0 Å². The third-order valence-corrected chi connectivity index (χ3v) is 18.0. The number of thiophene rings is 4. The zero-order valence-electron chi connectivity index (χ0n) is 36.4. The van der Waals surface area contributed by atoms with Gasteiger partial charge in [-0.15, -0.1) is 45.3 Å². The quantitative estimate of drug-likeness (QED) is 0.0488. The summed E-state index contributed by atoms with van der Waals surface area (Å²) >= 11 is 6.94. The summed E-state index contributed by atoms with van der Waals surface area (Å²) in [5, 5.41) is 40.4. The molecule has 0 aliphatic rings. The molecule has 0 saturated heterocycles. The van der Waals surface area contributed by atoms with Gasteiger partial charge in [0, 0.05) is 0 Å². The second kappa shape index (κ2) is 27.2. The van der Waals surface area contributed by atoms with Crippen molar-refractivity contribution in [3.8, 4) is 24.3 Å². The summed E-state index contributed by atoms with van der Waals surface area (Å²) in [7, 11) is 0. The van der Waals surface area contributed by atoms with Gasteiger partial charge in [-0.2, -0.15) is 21.0 Å². The lowest BCUT2D eigenvalue weighted by atomic mass is 9.89. The number of nitriles is 4. The minimum Gasteiger partial charge on any atom is -0.192 e. The number of hydrogen-bond acceptors (Lipinski definition) is 8. The predicted octanol–water partition coefficient (Wildman–Crippen LogP) is 16.3. The molecule has 4 rings (SSSR count). The largest absolute Gasteiger partial charge is 0.192 e. The monoisotopic (exact) mass is 854 g/mol. The van der Waals surface area contributed by atoms with Crippen LogP contribution in [0.25, 0.3) is 39.3 Å². The van der Waals surface area contributed by atoms with E-state index in [2.05, 4.69) is 52.0 Å². The van der Waals surface area contributed by atoms with Gasteiger partial charge in [-0.05, 0) is 48.6 Å². The Bertz CT molecular complexity index is 1950. The number of nitrogens with zero attached hydrogens (tertiary/aromatic N) is 4. The first-order valence-electron chi connectivity index (χ1n) is 23.3. The van der Waals surface area contributed by atoms with Crippen LogP contribution < -0.4 is 9.06 Å². The second-order valence-corrected chi connectivity index (χ2v) is 20.9. The molecule has 314 valence electrons. The number of aryl methyl sites for hydroxylation is 2. The van der Waals surface area contributed by atoms with E-state index in [4.69, 9.17) is 0 Å². The zero-order valence-corrected chi connectivity index (χ0v) is 39.6. The molecule has 0 bridgehead atoms. The van der Waals surface area contributed by atoms with Crippen LogP contribution in [0.5, 0.6) is 0 Å². The molecule has 2 atom stereocenters. The van der Waals surface area contributed by atoms with E-state index in [0.29, 0.717) is 11.8 Å². The van der Waals surface area contributed by atoms with Gasteiger partial charge in [-0.25, -0.2) is 0 Å². The maximum Gasteiger partial charge on any atom is 0.147 e. The Balaban J connectivity index is 1.69. The Morgan fingerprint density at radius 3 is 0.948 bits per heavy atom. The molecule has 4 aromatic heterocycles. The van der Waals surface area contributed by atoms with Crippen LogP contribution in [0.2, 0.25) is 0 Å². The summed E-state index contributed by atoms with van der Waals surface area (Å²) in [5.41, 5.74) is 2.87. The van der Waals surface area contributed by atoms with Gasteiger partial charge in [0.1, 0.15) is 35.4 Å². The lowest BCUT2D eigenvalue weighted by molar-refractivity contribution is 0.382. The van der Waals surface area contributed by atoms with E-state index in [-0.39, 0.29) is 11.1 Å². The normalized spacial score (nSPS) is 12.5. The molecule has 8 heteroatoms. The van der Waals surface area contributed by atoms with Crippen LogP contribution in [0.1, 0.15) is 206 Å². The van der Waals surface area contributed by atoms with Crippen molar-refractivity contribution in [1.82, 2.24) is 0 Å². The van der Waals surface area contributed by atoms with Crippen LogP contribution in [0.3, 0.4) is 0 Å². The van der Waals surface area contributed by atoms with Crippen molar-refractivity contribution in [2.24, 2.45) is 11.8 Å². The highest BCUT2D eigenvalue weighted by molar-refractivity contribution is 7.44. The second-order valence-electron chi connectivity index (χ2n) is 16.8. The van der Waals surface area contributed by atoms with Gasteiger partial charge in [0.25, 0.3) is 0 Å². The number of unbranched alkanes of at least 4 members (excludes halogenated alkanes) is 16. The Morgan fingerprint density at radius 2 is 0.638 bits per heavy atom. The molecule has 0 N–H and O–H groups in total. The van der Waals surface area contributed by atoms with Crippen LogP contribution in [0.15, 0.2) is 0 Å². The summed E-state index contributed by atoms with van der Waals surface area (Å²) in [6, 6.07) is 9.01. The predicted molar refractivity (Wildman–Crippen MR) is 256 cm³/mol. The molecule has 0 amide bonds. The van der Waals surface area contributed by atoms with E-state index >= 15 is 0 Å². The molecule has 0 aliphatic carbocycles. The summed E-state index contributed by atoms with van der Waals surface area (Å²) < 4.78 is 9.16. The molecule has 0 radical (unpaired) electrons. The molecule has 0 saturated carbocycles. The fourth-order valence-electron chi connectivity index (χ4n) is 8.83. The van der Waals surface area contributed by atoms with Crippen molar-refractivity contribution >= 4 is 84.7 Å². The van der Waals surface area contributed by atoms with Gasteiger partial charge in [0.2, 0.25) is 0 Å². The van der Waals surface area contributed by atoms with E-state index in [1.165, 1.54) is 193 Å². The molecule has 4 aromatic rings. The summed E-state index contributed by atoms with van der Waals surface area (Å²) in [5.74, 6) is 1.33. The van der Waals surface area contributed by atoms with Crippen molar-refractivity contribution in [1.29, 1.82) is 21.0 Å². The number of rotatable bonds is 30. The first-order valence-corrected chi connectivity index (χ1v) is 26.5. The molecule has 4 nitrogen and oxygen atoms in total. The average Bonchev–Trinajstić information content (AvgIpc) is 3.97. The third-order valence-electron chi connectivity index (χ3n) is 12.3. The molecule has 2 unspecified atom stereocenters. The number of hydrogen-bond donors (Lipinski definition) is 0. The van der Waals surface area contributed by atoms with Crippen LogP contribution in [0, 0.1) is 57.2 Å². The molecule has 4 heterocycles. The molecule has 0 spiro atoms. The summed E-state index contributed by atoms with van der Waals surface area (Å²) in [6.07, 6.45) is 35.1. The van der Waals surface area contributed by atoms with Gasteiger partial charge >= 0.3 is 0 Å². The van der Waals surface area contributed by atoms with Crippen molar-refractivity contribution in [3.05, 3.63) is 20.2 Å². The van der Waals surface area contributed by atoms with Crippen LogP contribution >= 0.6 is 45.3 Å². The fraction of sp³-hybridized carbons (Fsp3) is 0.680. The molecule has 0 aliphatic heterocycles. The van der Waals surface area contributed by atoms with Gasteiger partial charge in [0.15, 0.2) is 0 Å². The van der Waals surface area contributed by atoms with Gasteiger partial charge < -0.3 is 0 Å². The van der Waals surface area contributed by atoms with Crippen molar-refractivity contribution in [3.63, 3.8) is 0 Å². The molecular formula is C50H70N4S4. The summed E-state index contributed by atoms with van der Waals surface area (Å²) in [6.45, 7) is 9.11. The Morgan fingerprint density at radius 1 is 0.362 bits per heavy atom.